The maximum atomic E-state index is 11.7. The lowest BCUT2D eigenvalue weighted by Crippen LogP contribution is -2.10. The number of benzene rings is 1. The van der Waals surface area contributed by atoms with E-state index in [1.54, 1.807) is 13.1 Å². The van der Waals surface area contributed by atoms with Crippen molar-refractivity contribution in [3.63, 3.8) is 0 Å². The van der Waals surface area contributed by atoms with Crippen molar-refractivity contribution in [2.45, 2.75) is 19.9 Å². The molecule has 2 aromatic heterocycles. The number of carbonyl (C=O) groups is 1. The van der Waals surface area contributed by atoms with Crippen molar-refractivity contribution in [3.05, 3.63) is 47.6 Å². The Balaban J connectivity index is 0.00000208. The fourth-order valence-corrected chi connectivity index (χ4v) is 2.67. The van der Waals surface area contributed by atoms with Crippen LogP contribution >= 0.6 is 24.0 Å². The van der Waals surface area contributed by atoms with Gasteiger partial charge >= 0.3 is 5.97 Å². The molecule has 0 saturated heterocycles. The Morgan fingerprint density at radius 1 is 1.25 bits per heavy atom. The van der Waals surface area contributed by atoms with Crippen LogP contribution in [0.3, 0.4) is 0 Å². The van der Waals surface area contributed by atoms with Crippen molar-refractivity contribution < 1.29 is 9.53 Å². The molecule has 7 heteroatoms. The number of imidazole rings is 1. The highest BCUT2D eigenvalue weighted by molar-refractivity contribution is 6.33. The van der Waals surface area contributed by atoms with Crippen molar-refractivity contribution in [2.24, 2.45) is 0 Å². The molecule has 0 atom stereocenters. The summed E-state index contributed by atoms with van der Waals surface area (Å²) in [4.78, 5) is 20.7. The Morgan fingerprint density at radius 3 is 2.79 bits per heavy atom. The molecule has 2 heterocycles. The fraction of sp³-hybridized carbons (Fsp3) is 0.235. The second-order valence-corrected chi connectivity index (χ2v) is 5.38. The summed E-state index contributed by atoms with van der Waals surface area (Å²) in [5, 5.41) is 0.611. The Kier molecular flexibility index (Phi) is 6.17. The zero-order valence-corrected chi connectivity index (χ0v) is 14.7. The van der Waals surface area contributed by atoms with Gasteiger partial charge in [-0.05, 0) is 31.2 Å². The zero-order chi connectivity index (χ0) is 16.2. The number of hydrogen-bond acceptors (Lipinski definition) is 4. The predicted octanol–water partition coefficient (Wildman–Crippen LogP) is 4.13. The maximum absolute atomic E-state index is 11.7. The standard InChI is InChI=1S/C17H16ClN3O2.ClH/c1-2-23-15(22)9-11-21-16(12-6-3-4-7-13(12)18)20-14-8-5-10-19-17(14)21;/h3-8,10H,2,9,11H2,1H3;1H. The van der Waals surface area contributed by atoms with Gasteiger partial charge in [0.2, 0.25) is 0 Å². The third-order valence-corrected chi connectivity index (χ3v) is 3.79. The van der Waals surface area contributed by atoms with Crippen molar-refractivity contribution in [1.29, 1.82) is 0 Å². The van der Waals surface area contributed by atoms with Gasteiger partial charge in [0.1, 0.15) is 11.3 Å². The molecule has 0 spiro atoms. The first-order valence-corrected chi connectivity index (χ1v) is 7.80. The van der Waals surface area contributed by atoms with Crippen LogP contribution in [0.2, 0.25) is 5.02 Å². The summed E-state index contributed by atoms with van der Waals surface area (Å²) in [5.74, 6) is 0.462. The van der Waals surface area contributed by atoms with Gasteiger partial charge in [-0.15, -0.1) is 12.4 Å². The Hall–Kier alpha value is -2.11. The number of aromatic nitrogens is 3. The lowest BCUT2D eigenvalue weighted by Gasteiger charge is -2.09. The molecule has 0 saturated carbocycles. The number of esters is 1. The molecule has 0 aliphatic heterocycles. The minimum Gasteiger partial charge on any atom is -0.466 e. The molecule has 3 rings (SSSR count). The van der Waals surface area contributed by atoms with Gasteiger partial charge in [-0.25, -0.2) is 9.97 Å². The highest BCUT2D eigenvalue weighted by atomic mass is 35.5. The molecule has 0 aliphatic carbocycles. The average Bonchev–Trinajstić information content (AvgIpc) is 2.92. The van der Waals surface area contributed by atoms with Crippen LogP contribution in [0.4, 0.5) is 0 Å². The van der Waals surface area contributed by atoms with E-state index in [1.807, 2.05) is 41.0 Å². The van der Waals surface area contributed by atoms with Crippen LogP contribution in [0.25, 0.3) is 22.6 Å². The first-order chi connectivity index (χ1) is 11.2. The van der Waals surface area contributed by atoms with Crippen LogP contribution in [0.15, 0.2) is 42.6 Å². The Bertz CT molecular complexity index is 849. The van der Waals surface area contributed by atoms with E-state index >= 15 is 0 Å². The summed E-state index contributed by atoms with van der Waals surface area (Å²) in [5.41, 5.74) is 2.31. The summed E-state index contributed by atoms with van der Waals surface area (Å²) in [7, 11) is 0. The highest BCUT2D eigenvalue weighted by Gasteiger charge is 2.16. The van der Waals surface area contributed by atoms with Crippen molar-refractivity contribution >= 4 is 41.1 Å². The van der Waals surface area contributed by atoms with Crippen LogP contribution in [0.5, 0.6) is 0 Å². The van der Waals surface area contributed by atoms with E-state index in [0.29, 0.717) is 24.0 Å². The van der Waals surface area contributed by atoms with Crippen molar-refractivity contribution in [3.8, 4) is 11.4 Å². The van der Waals surface area contributed by atoms with Gasteiger partial charge in [0.15, 0.2) is 5.65 Å². The molecular formula is C17H17Cl2N3O2. The lowest BCUT2D eigenvalue weighted by molar-refractivity contribution is -0.143. The van der Waals surface area contributed by atoms with E-state index in [1.165, 1.54) is 0 Å². The first-order valence-electron chi connectivity index (χ1n) is 7.42. The molecule has 0 aliphatic rings. The first kappa shape index (κ1) is 18.2. The lowest BCUT2D eigenvalue weighted by atomic mass is 10.2. The van der Waals surface area contributed by atoms with Gasteiger partial charge in [0, 0.05) is 18.3 Å². The van der Waals surface area contributed by atoms with Crippen LogP contribution in [0.1, 0.15) is 13.3 Å². The van der Waals surface area contributed by atoms with Gasteiger partial charge in [-0.3, -0.25) is 4.79 Å². The third-order valence-electron chi connectivity index (χ3n) is 3.46. The maximum Gasteiger partial charge on any atom is 0.307 e. The predicted molar refractivity (Wildman–Crippen MR) is 96.5 cm³/mol. The molecule has 5 nitrogen and oxygen atoms in total. The third kappa shape index (κ3) is 3.68. The van der Waals surface area contributed by atoms with Crippen LogP contribution in [0, 0.1) is 0 Å². The molecule has 0 radical (unpaired) electrons. The van der Waals surface area contributed by atoms with Crippen LogP contribution < -0.4 is 0 Å². The molecule has 0 N–H and O–H groups in total. The molecular weight excluding hydrogens is 349 g/mol. The van der Waals surface area contributed by atoms with Gasteiger partial charge in [-0.2, -0.15) is 0 Å². The van der Waals surface area contributed by atoms with Crippen molar-refractivity contribution in [1.82, 2.24) is 14.5 Å². The van der Waals surface area contributed by atoms with E-state index in [-0.39, 0.29) is 24.8 Å². The monoisotopic (exact) mass is 365 g/mol. The highest BCUT2D eigenvalue weighted by Crippen LogP contribution is 2.29. The molecule has 24 heavy (non-hydrogen) atoms. The molecule has 3 aromatic rings. The van der Waals surface area contributed by atoms with Crippen LogP contribution in [-0.4, -0.2) is 27.1 Å². The zero-order valence-electron chi connectivity index (χ0n) is 13.1. The fourth-order valence-electron chi connectivity index (χ4n) is 2.45. The molecule has 0 bridgehead atoms. The molecule has 1 aromatic carbocycles. The minimum atomic E-state index is -0.240. The smallest absolute Gasteiger partial charge is 0.307 e. The van der Waals surface area contributed by atoms with E-state index in [9.17, 15) is 4.79 Å². The molecule has 0 amide bonds. The molecule has 0 unspecified atom stereocenters. The number of carbonyl (C=O) groups excluding carboxylic acids is 1. The minimum absolute atomic E-state index is 0. The van der Waals surface area contributed by atoms with Crippen molar-refractivity contribution in [2.75, 3.05) is 6.61 Å². The average molecular weight is 366 g/mol. The summed E-state index contributed by atoms with van der Waals surface area (Å²) >= 11 is 6.31. The number of halogens is 2. The summed E-state index contributed by atoms with van der Waals surface area (Å²) in [6, 6.07) is 11.2. The summed E-state index contributed by atoms with van der Waals surface area (Å²) in [6.07, 6.45) is 1.97. The van der Waals surface area contributed by atoms with Gasteiger partial charge in [0.05, 0.1) is 18.1 Å². The van der Waals surface area contributed by atoms with Gasteiger partial charge < -0.3 is 9.30 Å². The molecule has 0 fully saturated rings. The second-order valence-electron chi connectivity index (χ2n) is 4.97. The number of aryl methyl sites for hydroxylation is 1. The number of ether oxygens (including phenoxy) is 1. The van der Waals surface area contributed by atoms with E-state index in [0.717, 1.165) is 16.7 Å². The summed E-state index contributed by atoms with van der Waals surface area (Å²) < 4.78 is 6.91. The van der Waals surface area contributed by atoms with E-state index in [4.69, 9.17) is 16.3 Å². The Labute approximate surface area is 151 Å². The normalized spacial score (nSPS) is 10.4. The van der Waals surface area contributed by atoms with Gasteiger partial charge in [-0.1, -0.05) is 23.7 Å². The topological polar surface area (TPSA) is 57.0 Å². The largest absolute Gasteiger partial charge is 0.466 e. The number of pyridine rings is 1. The number of fused-ring (bicyclic) bond motifs is 1. The second kappa shape index (κ2) is 8.13. The van der Waals surface area contributed by atoms with E-state index < -0.39 is 0 Å². The Morgan fingerprint density at radius 2 is 2.04 bits per heavy atom. The van der Waals surface area contributed by atoms with Gasteiger partial charge in [0.25, 0.3) is 0 Å². The SMILES string of the molecule is CCOC(=O)CCn1c(-c2ccccc2Cl)nc2cccnc21.Cl. The molecule has 126 valence electrons. The number of nitrogens with zero attached hydrogens (tertiary/aromatic N) is 3. The van der Waals surface area contributed by atoms with E-state index in [2.05, 4.69) is 9.97 Å². The number of hydrogen-bond donors (Lipinski definition) is 0. The summed E-state index contributed by atoms with van der Waals surface area (Å²) in [6.45, 7) is 2.60. The van der Waals surface area contributed by atoms with Crippen LogP contribution in [-0.2, 0) is 16.1 Å². The quantitative estimate of drug-likeness (QED) is 0.638. The number of rotatable bonds is 5.